The van der Waals surface area contributed by atoms with Crippen molar-refractivity contribution in [2.45, 2.75) is 42.8 Å². The van der Waals surface area contributed by atoms with Crippen molar-refractivity contribution in [1.29, 1.82) is 0 Å². The maximum atomic E-state index is 12.2. The molecule has 5 rings (SSSR count). The van der Waals surface area contributed by atoms with Gasteiger partial charge in [0, 0.05) is 37.0 Å². The van der Waals surface area contributed by atoms with Gasteiger partial charge in [-0.3, -0.25) is 4.79 Å². The Morgan fingerprint density at radius 1 is 1.03 bits per heavy atom. The molecule has 7 heteroatoms. The molecule has 0 unspecified atom stereocenters. The summed E-state index contributed by atoms with van der Waals surface area (Å²) in [6.07, 6.45) is -1.73. The van der Waals surface area contributed by atoms with Crippen molar-refractivity contribution in [1.82, 2.24) is 10.2 Å². The molecule has 0 saturated carbocycles. The number of ether oxygens (including phenoxy) is 1. The summed E-state index contributed by atoms with van der Waals surface area (Å²) in [5, 5.41) is 2.82. The zero-order valence-corrected chi connectivity index (χ0v) is 17.8. The monoisotopic (exact) mass is 444 g/mol. The summed E-state index contributed by atoms with van der Waals surface area (Å²) in [6, 6.07) is 17.6. The minimum Gasteiger partial charge on any atom is -0.362 e. The molecule has 1 saturated heterocycles. The lowest BCUT2D eigenvalue weighted by atomic mass is 9.74. The molecule has 1 fully saturated rings. The second-order valence-electron chi connectivity index (χ2n) is 9.24. The number of fused-ring (bicyclic) bond motifs is 8. The Hall–Kier alpha value is -2.38. The highest BCUT2D eigenvalue weighted by Crippen LogP contribution is 2.60. The van der Waals surface area contributed by atoms with E-state index in [1.54, 1.807) is 0 Å². The minimum absolute atomic E-state index is 0.0133. The van der Waals surface area contributed by atoms with E-state index in [9.17, 15) is 18.0 Å². The minimum atomic E-state index is -4.41. The van der Waals surface area contributed by atoms with Crippen LogP contribution in [0.15, 0.2) is 48.5 Å². The van der Waals surface area contributed by atoms with Gasteiger partial charge in [0.1, 0.15) is 13.2 Å². The summed E-state index contributed by atoms with van der Waals surface area (Å²) in [4.78, 5) is 14.4. The van der Waals surface area contributed by atoms with Crippen LogP contribution in [-0.4, -0.2) is 55.9 Å². The first-order chi connectivity index (χ1) is 15.4. The molecule has 32 heavy (non-hydrogen) atoms. The number of amides is 1. The maximum absolute atomic E-state index is 12.2. The molecule has 1 amide bonds. The zero-order chi connectivity index (χ0) is 22.3. The van der Waals surface area contributed by atoms with Gasteiger partial charge in [-0.25, -0.2) is 0 Å². The number of nitrogens with zero attached hydrogens (tertiary/aromatic N) is 1. The molecule has 1 heterocycles. The average Bonchev–Trinajstić information content (AvgIpc) is 3.27. The number of carbonyl (C=O) groups is 1. The van der Waals surface area contributed by atoms with Gasteiger partial charge in [0.15, 0.2) is 0 Å². The normalized spacial score (nSPS) is 24.9. The fourth-order valence-corrected chi connectivity index (χ4v) is 5.96. The maximum Gasteiger partial charge on any atom is 0.411 e. The first-order valence-electron chi connectivity index (χ1n) is 11.2. The Labute approximate surface area is 185 Å². The van der Waals surface area contributed by atoms with Crippen LogP contribution in [0.5, 0.6) is 0 Å². The molecule has 1 aliphatic heterocycles. The summed E-state index contributed by atoms with van der Waals surface area (Å²) in [6.45, 7) is 0.700. The first-order valence-corrected chi connectivity index (χ1v) is 11.2. The summed E-state index contributed by atoms with van der Waals surface area (Å²) in [7, 11) is 0. The summed E-state index contributed by atoms with van der Waals surface area (Å²) in [5.74, 6) is -0.0144. The largest absolute Gasteiger partial charge is 0.411 e. The second-order valence-corrected chi connectivity index (χ2v) is 9.24. The Balaban J connectivity index is 1.21. The van der Waals surface area contributed by atoms with Gasteiger partial charge in [0.25, 0.3) is 0 Å². The average molecular weight is 444 g/mol. The van der Waals surface area contributed by atoms with Crippen molar-refractivity contribution in [2.24, 2.45) is 0 Å². The van der Waals surface area contributed by atoms with Crippen LogP contribution in [-0.2, 0) is 14.9 Å². The van der Waals surface area contributed by atoms with E-state index < -0.39 is 25.3 Å². The molecule has 0 aromatic heterocycles. The number of hydrogen-bond acceptors (Lipinski definition) is 3. The molecule has 2 aliphatic carbocycles. The number of hydrogen-bond donors (Lipinski definition) is 1. The van der Waals surface area contributed by atoms with E-state index in [2.05, 4.69) is 63.5 Å². The second kappa shape index (κ2) is 8.19. The standard InChI is InChI=1S/C25H27F3N2O2/c26-25(27,28)16-32-14-23(31)29-17-9-11-30(12-10-17)15-24-13-20(18-5-1-3-7-21(18)24)19-6-2-4-8-22(19)24/h1-8,17,20H,9-16H2,(H,29,31). The highest BCUT2D eigenvalue weighted by atomic mass is 19.4. The van der Waals surface area contributed by atoms with E-state index in [0.29, 0.717) is 5.92 Å². The van der Waals surface area contributed by atoms with Crippen LogP contribution in [0, 0.1) is 0 Å². The van der Waals surface area contributed by atoms with E-state index >= 15 is 0 Å². The smallest absolute Gasteiger partial charge is 0.362 e. The highest BCUT2D eigenvalue weighted by molar-refractivity contribution is 5.77. The van der Waals surface area contributed by atoms with Crippen LogP contribution >= 0.6 is 0 Å². The van der Waals surface area contributed by atoms with Crippen LogP contribution in [0.4, 0.5) is 13.2 Å². The van der Waals surface area contributed by atoms with Crippen LogP contribution in [0.25, 0.3) is 0 Å². The Kier molecular flexibility index (Phi) is 5.50. The summed E-state index contributed by atoms with van der Waals surface area (Å²) >= 11 is 0. The Morgan fingerprint density at radius 3 is 2.22 bits per heavy atom. The van der Waals surface area contributed by atoms with Gasteiger partial charge in [-0.1, -0.05) is 48.5 Å². The molecule has 2 bridgehead atoms. The molecular formula is C25H27F3N2O2. The molecule has 2 aromatic rings. The topological polar surface area (TPSA) is 41.6 Å². The van der Waals surface area contributed by atoms with Crippen molar-refractivity contribution in [2.75, 3.05) is 32.8 Å². The van der Waals surface area contributed by atoms with Crippen molar-refractivity contribution in [3.8, 4) is 0 Å². The third kappa shape index (κ3) is 3.92. The number of alkyl halides is 3. The third-order valence-electron chi connectivity index (χ3n) is 7.20. The highest BCUT2D eigenvalue weighted by Gasteiger charge is 2.53. The van der Waals surface area contributed by atoms with Gasteiger partial charge in [-0.15, -0.1) is 0 Å². The van der Waals surface area contributed by atoms with Gasteiger partial charge in [-0.2, -0.15) is 13.2 Å². The number of halogens is 3. The van der Waals surface area contributed by atoms with Crippen molar-refractivity contribution in [3.05, 3.63) is 70.8 Å². The van der Waals surface area contributed by atoms with Crippen molar-refractivity contribution >= 4 is 5.91 Å². The van der Waals surface area contributed by atoms with Gasteiger partial charge >= 0.3 is 6.18 Å². The SMILES string of the molecule is O=C(COCC(F)(F)F)NC1CCN(CC23CC(c4ccccc42)c2ccccc23)CC1. The lowest BCUT2D eigenvalue weighted by molar-refractivity contribution is -0.175. The first kappa shape index (κ1) is 21.5. The van der Waals surface area contributed by atoms with E-state index in [4.69, 9.17) is 0 Å². The fraction of sp³-hybridized carbons (Fsp3) is 0.480. The Bertz CT molecular complexity index is 951. The van der Waals surface area contributed by atoms with Crippen LogP contribution < -0.4 is 5.32 Å². The number of benzene rings is 2. The van der Waals surface area contributed by atoms with Crippen LogP contribution in [0.3, 0.4) is 0 Å². The summed E-state index contributed by atoms with van der Waals surface area (Å²) < 4.78 is 40.9. The van der Waals surface area contributed by atoms with Crippen molar-refractivity contribution in [3.63, 3.8) is 0 Å². The Morgan fingerprint density at radius 2 is 1.62 bits per heavy atom. The van der Waals surface area contributed by atoms with E-state index in [1.165, 1.54) is 22.3 Å². The van der Waals surface area contributed by atoms with Gasteiger partial charge in [0.05, 0.1) is 0 Å². The zero-order valence-electron chi connectivity index (χ0n) is 17.8. The predicted molar refractivity (Wildman–Crippen MR) is 115 cm³/mol. The summed E-state index contributed by atoms with van der Waals surface area (Å²) in [5.41, 5.74) is 5.81. The van der Waals surface area contributed by atoms with Gasteiger partial charge in [0.2, 0.25) is 5.91 Å². The molecule has 2 aromatic carbocycles. The van der Waals surface area contributed by atoms with E-state index in [1.807, 2.05) is 0 Å². The number of rotatable bonds is 6. The van der Waals surface area contributed by atoms with Crippen LogP contribution in [0.1, 0.15) is 47.4 Å². The molecule has 1 N–H and O–H groups in total. The lowest BCUT2D eigenvalue weighted by Gasteiger charge is -2.40. The molecular weight excluding hydrogens is 417 g/mol. The number of carbonyl (C=O) groups excluding carboxylic acids is 1. The van der Waals surface area contributed by atoms with E-state index in [-0.39, 0.29) is 11.5 Å². The van der Waals surface area contributed by atoms with Crippen LogP contribution in [0.2, 0.25) is 0 Å². The van der Waals surface area contributed by atoms with Gasteiger partial charge in [-0.05, 0) is 41.5 Å². The van der Waals surface area contributed by atoms with Crippen molar-refractivity contribution < 1.29 is 22.7 Å². The number of piperidine rings is 1. The molecule has 4 nitrogen and oxygen atoms in total. The fourth-order valence-electron chi connectivity index (χ4n) is 5.96. The number of nitrogens with one attached hydrogen (secondary N) is 1. The van der Waals surface area contributed by atoms with Gasteiger partial charge < -0.3 is 15.0 Å². The molecule has 0 radical (unpaired) electrons. The quantitative estimate of drug-likeness (QED) is 0.733. The molecule has 3 aliphatic rings. The molecule has 0 atom stereocenters. The lowest BCUT2D eigenvalue weighted by Crippen LogP contribution is -2.49. The molecule has 170 valence electrons. The van der Waals surface area contributed by atoms with E-state index in [0.717, 1.165) is 38.9 Å². The predicted octanol–water partition coefficient (Wildman–Crippen LogP) is 3.98. The molecule has 0 spiro atoms. The third-order valence-corrected chi connectivity index (χ3v) is 7.20. The number of likely N-dealkylation sites (tertiary alicyclic amines) is 1.